The van der Waals surface area contributed by atoms with Crippen molar-refractivity contribution in [2.24, 2.45) is 0 Å². The monoisotopic (exact) mass is 396 g/mol. The molecule has 126 valence electrons. The third-order valence-corrected chi connectivity index (χ3v) is 3.80. The van der Waals surface area contributed by atoms with Crippen LogP contribution in [0.25, 0.3) is 0 Å². The lowest BCUT2D eigenvalue weighted by Crippen LogP contribution is -2.37. The number of nitrogens with one attached hydrogen (secondary N) is 1. The summed E-state index contributed by atoms with van der Waals surface area (Å²) in [5.41, 5.74) is 0.713. The Morgan fingerprint density at radius 1 is 1.12 bits per heavy atom. The summed E-state index contributed by atoms with van der Waals surface area (Å²) in [6.45, 7) is 1.85. The molecule has 2 aromatic rings. The number of nitrogens with zero attached hydrogens (tertiary/aromatic N) is 1. The largest absolute Gasteiger partial charge is 0.350 e. The molecule has 0 aliphatic carbocycles. The van der Waals surface area contributed by atoms with Crippen molar-refractivity contribution in [3.8, 4) is 0 Å². The van der Waals surface area contributed by atoms with Crippen molar-refractivity contribution in [3.05, 3.63) is 64.1 Å². The highest BCUT2D eigenvalue weighted by Crippen LogP contribution is 2.19. The molecule has 0 saturated carbocycles. The van der Waals surface area contributed by atoms with Gasteiger partial charge in [0.05, 0.1) is 0 Å². The summed E-state index contributed by atoms with van der Waals surface area (Å²) in [5.74, 6) is -2.80. The molecular formula is C17H15BrF2N2O2. The molecule has 0 atom stereocenters. The lowest BCUT2D eigenvalue weighted by Gasteiger charge is -2.21. The molecule has 2 rings (SSSR count). The van der Waals surface area contributed by atoms with Gasteiger partial charge in [0.1, 0.15) is 0 Å². The highest BCUT2D eigenvalue weighted by atomic mass is 79.9. The van der Waals surface area contributed by atoms with E-state index in [2.05, 4.69) is 21.2 Å². The first-order valence-corrected chi connectivity index (χ1v) is 7.94. The second kappa shape index (κ2) is 8.01. The summed E-state index contributed by atoms with van der Waals surface area (Å²) in [5, 5.41) is 2.58. The zero-order chi connectivity index (χ0) is 17.7. The number of amides is 2. The molecule has 0 unspecified atom stereocenters. The minimum Gasteiger partial charge on any atom is -0.350 e. The molecule has 0 aliphatic heterocycles. The van der Waals surface area contributed by atoms with Gasteiger partial charge in [-0.1, -0.05) is 22.0 Å². The molecular weight excluding hydrogens is 382 g/mol. The van der Waals surface area contributed by atoms with E-state index >= 15 is 0 Å². The first kappa shape index (κ1) is 18.1. The van der Waals surface area contributed by atoms with Crippen LogP contribution in [-0.2, 0) is 4.79 Å². The lowest BCUT2D eigenvalue weighted by atomic mass is 10.2. The van der Waals surface area contributed by atoms with Crippen LogP contribution in [0.15, 0.2) is 46.9 Å². The van der Waals surface area contributed by atoms with E-state index in [0.29, 0.717) is 5.69 Å². The summed E-state index contributed by atoms with van der Waals surface area (Å²) >= 11 is 3.34. The maximum atomic E-state index is 13.1. The molecule has 0 radical (unpaired) electrons. The maximum Gasteiger partial charge on any atom is 0.251 e. The third-order valence-electron chi connectivity index (χ3n) is 3.30. The quantitative estimate of drug-likeness (QED) is 0.840. The van der Waals surface area contributed by atoms with Crippen molar-refractivity contribution in [2.75, 3.05) is 18.0 Å². The number of benzene rings is 2. The van der Waals surface area contributed by atoms with Gasteiger partial charge in [-0.15, -0.1) is 0 Å². The molecule has 0 bridgehead atoms. The first-order chi connectivity index (χ1) is 11.4. The predicted molar refractivity (Wildman–Crippen MR) is 90.9 cm³/mol. The van der Waals surface area contributed by atoms with Gasteiger partial charge in [-0.25, -0.2) is 8.78 Å². The van der Waals surface area contributed by atoms with Crippen LogP contribution in [0.1, 0.15) is 17.3 Å². The van der Waals surface area contributed by atoms with Crippen LogP contribution in [0.3, 0.4) is 0 Å². The molecule has 1 N–H and O–H groups in total. The molecule has 0 fully saturated rings. The Balaban J connectivity index is 1.99. The van der Waals surface area contributed by atoms with Gasteiger partial charge in [0.25, 0.3) is 5.91 Å². The zero-order valence-electron chi connectivity index (χ0n) is 12.9. The second-order valence-electron chi connectivity index (χ2n) is 5.04. The average Bonchev–Trinajstić information content (AvgIpc) is 2.53. The van der Waals surface area contributed by atoms with E-state index in [1.54, 1.807) is 18.2 Å². The number of carbonyl (C=O) groups is 2. The fourth-order valence-electron chi connectivity index (χ4n) is 2.13. The van der Waals surface area contributed by atoms with Crippen LogP contribution < -0.4 is 10.2 Å². The lowest BCUT2D eigenvalue weighted by molar-refractivity contribution is -0.116. The Bertz CT molecular complexity index is 768. The average molecular weight is 397 g/mol. The molecule has 0 aliphatic rings. The molecule has 2 amide bonds. The van der Waals surface area contributed by atoms with Gasteiger partial charge in [-0.2, -0.15) is 0 Å². The third kappa shape index (κ3) is 4.61. The van der Waals surface area contributed by atoms with Crippen molar-refractivity contribution in [3.63, 3.8) is 0 Å². The topological polar surface area (TPSA) is 49.4 Å². The molecule has 0 heterocycles. The van der Waals surface area contributed by atoms with Crippen LogP contribution in [0.5, 0.6) is 0 Å². The number of carbonyl (C=O) groups excluding carboxylic acids is 2. The smallest absolute Gasteiger partial charge is 0.251 e. The van der Waals surface area contributed by atoms with Crippen LogP contribution in [-0.4, -0.2) is 24.9 Å². The number of hydrogen-bond acceptors (Lipinski definition) is 2. The molecule has 0 aromatic heterocycles. The number of anilines is 1. The Labute approximate surface area is 146 Å². The SMILES string of the molecule is CC(=O)N(CCNC(=O)c1ccc(F)c(F)c1)c1cccc(Br)c1. The highest BCUT2D eigenvalue weighted by Gasteiger charge is 2.13. The van der Waals surface area contributed by atoms with Crippen LogP contribution in [0, 0.1) is 11.6 Å². The summed E-state index contributed by atoms with van der Waals surface area (Å²) < 4.78 is 26.8. The fraction of sp³-hybridized carbons (Fsp3) is 0.176. The second-order valence-corrected chi connectivity index (χ2v) is 5.95. The minimum atomic E-state index is -1.08. The summed E-state index contributed by atoms with van der Waals surface area (Å²) in [4.78, 5) is 25.2. The first-order valence-electron chi connectivity index (χ1n) is 7.15. The van der Waals surface area contributed by atoms with Crippen molar-refractivity contribution in [2.45, 2.75) is 6.92 Å². The molecule has 0 spiro atoms. The summed E-state index contributed by atoms with van der Waals surface area (Å²) in [6, 6.07) is 10.1. The van der Waals surface area contributed by atoms with Gasteiger partial charge in [-0.3, -0.25) is 9.59 Å². The maximum absolute atomic E-state index is 13.1. The normalized spacial score (nSPS) is 10.3. The van der Waals surface area contributed by atoms with Crippen molar-refractivity contribution < 1.29 is 18.4 Å². The summed E-state index contributed by atoms with van der Waals surface area (Å²) in [6.07, 6.45) is 0. The van der Waals surface area contributed by atoms with E-state index in [4.69, 9.17) is 0 Å². The molecule has 4 nitrogen and oxygen atoms in total. The standard InChI is InChI=1S/C17H15BrF2N2O2/c1-11(23)22(14-4-2-3-13(18)10-14)8-7-21-17(24)12-5-6-15(19)16(20)9-12/h2-6,9-10H,7-8H2,1H3,(H,21,24). The van der Waals surface area contributed by atoms with Crippen LogP contribution >= 0.6 is 15.9 Å². The Hall–Kier alpha value is -2.28. The van der Waals surface area contributed by atoms with Crippen molar-refractivity contribution in [1.82, 2.24) is 5.32 Å². The van der Waals surface area contributed by atoms with Crippen LogP contribution in [0.2, 0.25) is 0 Å². The number of halogens is 3. The number of hydrogen-bond donors (Lipinski definition) is 1. The summed E-state index contributed by atoms with van der Waals surface area (Å²) in [7, 11) is 0. The minimum absolute atomic E-state index is 0.0192. The van der Waals surface area contributed by atoms with Gasteiger partial charge >= 0.3 is 0 Å². The molecule has 24 heavy (non-hydrogen) atoms. The molecule has 7 heteroatoms. The Morgan fingerprint density at radius 3 is 2.50 bits per heavy atom. The molecule has 2 aromatic carbocycles. The Kier molecular flexibility index (Phi) is 6.03. The molecule has 0 saturated heterocycles. The van der Waals surface area contributed by atoms with E-state index in [9.17, 15) is 18.4 Å². The van der Waals surface area contributed by atoms with Gasteiger partial charge in [-0.05, 0) is 36.4 Å². The van der Waals surface area contributed by atoms with E-state index < -0.39 is 17.5 Å². The van der Waals surface area contributed by atoms with Gasteiger partial charge in [0, 0.05) is 35.7 Å². The van der Waals surface area contributed by atoms with Crippen molar-refractivity contribution >= 4 is 33.4 Å². The van der Waals surface area contributed by atoms with E-state index in [-0.39, 0.29) is 24.6 Å². The zero-order valence-corrected chi connectivity index (χ0v) is 14.4. The van der Waals surface area contributed by atoms with Gasteiger partial charge in [0.2, 0.25) is 5.91 Å². The van der Waals surface area contributed by atoms with E-state index in [1.165, 1.54) is 17.9 Å². The Morgan fingerprint density at radius 2 is 1.88 bits per heavy atom. The fourth-order valence-corrected chi connectivity index (χ4v) is 2.52. The number of rotatable bonds is 5. The van der Waals surface area contributed by atoms with Crippen molar-refractivity contribution in [1.29, 1.82) is 0 Å². The van der Waals surface area contributed by atoms with E-state index in [0.717, 1.165) is 16.6 Å². The van der Waals surface area contributed by atoms with Crippen LogP contribution in [0.4, 0.5) is 14.5 Å². The van der Waals surface area contributed by atoms with Gasteiger partial charge < -0.3 is 10.2 Å². The predicted octanol–water partition coefficient (Wildman–Crippen LogP) is 3.51. The van der Waals surface area contributed by atoms with E-state index in [1.807, 2.05) is 6.07 Å². The highest BCUT2D eigenvalue weighted by molar-refractivity contribution is 9.10. The van der Waals surface area contributed by atoms with Gasteiger partial charge in [0.15, 0.2) is 11.6 Å².